The molecule has 22 heavy (non-hydrogen) atoms. The molecule has 0 bridgehead atoms. The van der Waals surface area contributed by atoms with Crippen LogP contribution in [0.5, 0.6) is 0 Å². The van der Waals surface area contributed by atoms with Crippen molar-refractivity contribution in [2.75, 3.05) is 29.9 Å². The molecule has 0 aliphatic rings. The maximum atomic E-state index is 11.8. The third-order valence-corrected chi connectivity index (χ3v) is 3.47. The van der Waals surface area contributed by atoms with Gasteiger partial charge in [0.2, 0.25) is 0 Å². The van der Waals surface area contributed by atoms with Crippen molar-refractivity contribution in [1.29, 1.82) is 0 Å². The molecule has 1 rings (SSSR count). The van der Waals surface area contributed by atoms with Crippen molar-refractivity contribution >= 4 is 23.2 Å². The molecular formula is C17H27N3O2. The number of nitrogens with one attached hydrogen (secondary N) is 2. The summed E-state index contributed by atoms with van der Waals surface area (Å²) in [5, 5.41) is 5.24. The number of rotatable bonds is 7. The number of anilines is 2. The molecule has 0 unspecified atom stereocenters. The average Bonchev–Trinajstić information content (AvgIpc) is 2.49. The normalized spacial score (nSPS) is 10.4. The summed E-state index contributed by atoms with van der Waals surface area (Å²) in [6.07, 6.45) is 0.859. The number of nitrogens with zero attached hydrogens (tertiary/aromatic N) is 1. The van der Waals surface area contributed by atoms with Gasteiger partial charge in [-0.2, -0.15) is 0 Å². The van der Waals surface area contributed by atoms with E-state index in [0.29, 0.717) is 18.2 Å². The van der Waals surface area contributed by atoms with Crippen LogP contribution in [0.1, 0.15) is 34.1 Å². The smallest absolute Gasteiger partial charge is 0.313 e. The van der Waals surface area contributed by atoms with Crippen molar-refractivity contribution in [3.8, 4) is 0 Å². The van der Waals surface area contributed by atoms with E-state index < -0.39 is 11.8 Å². The van der Waals surface area contributed by atoms with E-state index in [1.54, 1.807) is 0 Å². The number of carbonyl (C=O) groups is 2. The van der Waals surface area contributed by atoms with Crippen LogP contribution in [0.15, 0.2) is 24.3 Å². The minimum atomic E-state index is -0.626. The Morgan fingerprint density at radius 2 is 1.64 bits per heavy atom. The first kappa shape index (κ1) is 18.0. The molecule has 0 aliphatic heterocycles. The maximum Gasteiger partial charge on any atom is 0.313 e. The highest BCUT2D eigenvalue weighted by Crippen LogP contribution is 2.17. The van der Waals surface area contributed by atoms with Crippen LogP contribution in [0.3, 0.4) is 0 Å². The molecule has 5 heteroatoms. The molecule has 122 valence electrons. The molecule has 0 aromatic heterocycles. The van der Waals surface area contributed by atoms with Gasteiger partial charge in [-0.25, -0.2) is 0 Å². The fraction of sp³-hybridized carbons (Fsp3) is 0.529. The van der Waals surface area contributed by atoms with Gasteiger partial charge in [-0.3, -0.25) is 9.59 Å². The molecule has 0 aliphatic carbocycles. The second-order valence-corrected chi connectivity index (χ2v) is 5.61. The van der Waals surface area contributed by atoms with Crippen LogP contribution in [0, 0.1) is 5.92 Å². The molecule has 0 radical (unpaired) electrons. The van der Waals surface area contributed by atoms with Crippen LogP contribution in [0.4, 0.5) is 11.4 Å². The van der Waals surface area contributed by atoms with Crippen molar-refractivity contribution in [2.24, 2.45) is 5.92 Å². The standard InChI is InChI=1S/C17H27N3O2/c1-5-20(6-2)15-9-7-14(8-10-15)19-17(22)16(21)18-12-11-13(3)4/h7-10,13H,5-6,11-12H2,1-4H3,(H,18,21)(H,19,22). The zero-order valence-corrected chi connectivity index (χ0v) is 14.0. The first-order valence-corrected chi connectivity index (χ1v) is 7.92. The molecule has 0 atom stereocenters. The summed E-state index contributed by atoms with van der Waals surface area (Å²) in [4.78, 5) is 25.7. The molecule has 0 saturated heterocycles. The van der Waals surface area contributed by atoms with Crippen LogP contribution in [0.25, 0.3) is 0 Å². The summed E-state index contributed by atoms with van der Waals surface area (Å²) in [6.45, 7) is 10.7. The van der Waals surface area contributed by atoms with Gasteiger partial charge in [-0.15, -0.1) is 0 Å². The molecule has 2 amide bonds. The van der Waals surface area contributed by atoms with Crippen molar-refractivity contribution in [3.63, 3.8) is 0 Å². The number of hydrogen-bond donors (Lipinski definition) is 2. The van der Waals surface area contributed by atoms with Gasteiger partial charge in [0.05, 0.1) is 0 Å². The Hall–Kier alpha value is -2.04. The summed E-state index contributed by atoms with van der Waals surface area (Å²) in [5.41, 5.74) is 1.73. The summed E-state index contributed by atoms with van der Waals surface area (Å²) in [5.74, 6) is -0.719. The lowest BCUT2D eigenvalue weighted by Crippen LogP contribution is -2.36. The van der Waals surface area contributed by atoms with Crippen LogP contribution >= 0.6 is 0 Å². The highest BCUT2D eigenvalue weighted by Gasteiger charge is 2.13. The zero-order chi connectivity index (χ0) is 16.5. The summed E-state index contributed by atoms with van der Waals surface area (Å²) in [6, 6.07) is 7.51. The molecular weight excluding hydrogens is 278 g/mol. The van der Waals surface area contributed by atoms with Crippen LogP contribution in [-0.2, 0) is 9.59 Å². The Morgan fingerprint density at radius 1 is 1.05 bits per heavy atom. The van der Waals surface area contributed by atoms with E-state index in [0.717, 1.165) is 25.2 Å². The lowest BCUT2D eigenvalue weighted by molar-refractivity contribution is -0.136. The van der Waals surface area contributed by atoms with E-state index in [1.165, 1.54) is 0 Å². The summed E-state index contributed by atoms with van der Waals surface area (Å²) >= 11 is 0. The van der Waals surface area contributed by atoms with Gasteiger partial charge >= 0.3 is 11.8 Å². The second kappa shape index (κ2) is 9.07. The predicted octanol–water partition coefficient (Wildman–Crippen LogP) is 2.63. The Kier molecular flexibility index (Phi) is 7.43. The Morgan fingerprint density at radius 3 is 2.14 bits per heavy atom. The van der Waals surface area contributed by atoms with Crippen LogP contribution in [0.2, 0.25) is 0 Å². The van der Waals surface area contributed by atoms with Gasteiger partial charge in [0, 0.05) is 31.0 Å². The van der Waals surface area contributed by atoms with Gasteiger partial charge in [0.25, 0.3) is 0 Å². The fourth-order valence-electron chi connectivity index (χ4n) is 2.09. The highest BCUT2D eigenvalue weighted by molar-refractivity contribution is 6.39. The molecule has 0 heterocycles. The highest BCUT2D eigenvalue weighted by atomic mass is 16.2. The van der Waals surface area contributed by atoms with Crippen molar-refractivity contribution in [3.05, 3.63) is 24.3 Å². The molecule has 0 saturated carbocycles. The van der Waals surface area contributed by atoms with E-state index in [-0.39, 0.29) is 0 Å². The first-order valence-electron chi connectivity index (χ1n) is 7.92. The van der Waals surface area contributed by atoms with Gasteiger partial charge in [0.1, 0.15) is 0 Å². The predicted molar refractivity (Wildman–Crippen MR) is 91.1 cm³/mol. The topological polar surface area (TPSA) is 61.4 Å². The second-order valence-electron chi connectivity index (χ2n) is 5.61. The average molecular weight is 305 g/mol. The van der Waals surface area contributed by atoms with E-state index in [1.807, 2.05) is 24.3 Å². The van der Waals surface area contributed by atoms with Crippen molar-refractivity contribution in [1.82, 2.24) is 5.32 Å². The number of amides is 2. The van der Waals surface area contributed by atoms with E-state index in [4.69, 9.17) is 0 Å². The summed E-state index contributed by atoms with van der Waals surface area (Å²) < 4.78 is 0. The number of benzene rings is 1. The minimum Gasteiger partial charge on any atom is -0.372 e. The van der Waals surface area contributed by atoms with Gasteiger partial charge in [-0.05, 0) is 50.5 Å². The maximum absolute atomic E-state index is 11.8. The molecule has 0 fully saturated rings. The van der Waals surface area contributed by atoms with Crippen LogP contribution < -0.4 is 15.5 Å². The monoisotopic (exact) mass is 305 g/mol. The lowest BCUT2D eigenvalue weighted by Gasteiger charge is -2.21. The van der Waals surface area contributed by atoms with Crippen molar-refractivity contribution < 1.29 is 9.59 Å². The number of carbonyl (C=O) groups excluding carboxylic acids is 2. The number of hydrogen-bond acceptors (Lipinski definition) is 3. The van der Waals surface area contributed by atoms with Crippen LogP contribution in [-0.4, -0.2) is 31.4 Å². The van der Waals surface area contributed by atoms with E-state index in [9.17, 15) is 9.59 Å². The molecule has 2 N–H and O–H groups in total. The van der Waals surface area contributed by atoms with Gasteiger partial charge < -0.3 is 15.5 Å². The Bertz CT molecular complexity index is 479. The van der Waals surface area contributed by atoms with Gasteiger partial charge in [-0.1, -0.05) is 13.8 Å². The largest absolute Gasteiger partial charge is 0.372 e. The van der Waals surface area contributed by atoms with E-state index >= 15 is 0 Å². The van der Waals surface area contributed by atoms with Crippen molar-refractivity contribution in [2.45, 2.75) is 34.1 Å². The molecule has 1 aromatic rings. The summed E-state index contributed by atoms with van der Waals surface area (Å²) in [7, 11) is 0. The quantitative estimate of drug-likeness (QED) is 0.761. The van der Waals surface area contributed by atoms with Gasteiger partial charge in [0.15, 0.2) is 0 Å². The lowest BCUT2D eigenvalue weighted by atomic mass is 10.1. The fourth-order valence-corrected chi connectivity index (χ4v) is 2.09. The molecule has 0 spiro atoms. The first-order chi connectivity index (χ1) is 10.5. The Balaban J connectivity index is 2.52. The zero-order valence-electron chi connectivity index (χ0n) is 14.0. The Labute approximate surface area is 133 Å². The third-order valence-electron chi connectivity index (χ3n) is 3.47. The molecule has 5 nitrogen and oxygen atoms in total. The SMILES string of the molecule is CCN(CC)c1ccc(NC(=O)C(=O)NCCC(C)C)cc1. The molecule has 1 aromatic carbocycles. The van der Waals surface area contributed by atoms with E-state index in [2.05, 4.69) is 43.2 Å². The third kappa shape index (κ3) is 5.76. The minimum absolute atomic E-state index is 0.496.